The van der Waals surface area contributed by atoms with Gasteiger partial charge in [0, 0.05) is 16.8 Å². The molecule has 0 aliphatic rings. The maximum absolute atomic E-state index is 12.7. The van der Waals surface area contributed by atoms with Gasteiger partial charge < -0.3 is 9.88 Å². The predicted molar refractivity (Wildman–Crippen MR) is 87.3 cm³/mol. The summed E-state index contributed by atoms with van der Waals surface area (Å²) < 4.78 is 40.0. The Morgan fingerprint density at radius 1 is 1.12 bits per heavy atom. The summed E-state index contributed by atoms with van der Waals surface area (Å²) in [7, 11) is 0. The van der Waals surface area contributed by atoms with Crippen LogP contribution in [0.1, 0.15) is 20.9 Å². The van der Waals surface area contributed by atoms with E-state index in [9.17, 15) is 18.0 Å². The van der Waals surface area contributed by atoms with Gasteiger partial charge in [-0.2, -0.15) is 13.2 Å². The second kappa shape index (κ2) is 6.52. The summed E-state index contributed by atoms with van der Waals surface area (Å²) in [5, 5.41) is 4.47. The van der Waals surface area contributed by atoms with Crippen molar-refractivity contribution in [1.29, 1.82) is 0 Å². The number of amides is 1. The average Bonchev–Trinajstić information content (AvgIpc) is 3.19. The van der Waals surface area contributed by atoms with Gasteiger partial charge in [0.05, 0.1) is 12.1 Å². The second-order valence-corrected chi connectivity index (χ2v) is 6.17. The lowest BCUT2D eigenvalue weighted by Gasteiger charge is -2.11. The van der Waals surface area contributed by atoms with E-state index in [4.69, 9.17) is 0 Å². The van der Waals surface area contributed by atoms with Gasteiger partial charge in [-0.15, -0.1) is 11.3 Å². The van der Waals surface area contributed by atoms with Crippen molar-refractivity contribution in [1.82, 2.24) is 4.57 Å². The van der Waals surface area contributed by atoms with E-state index in [2.05, 4.69) is 5.32 Å². The van der Waals surface area contributed by atoms with Crippen molar-refractivity contribution in [2.45, 2.75) is 12.7 Å². The fourth-order valence-corrected chi connectivity index (χ4v) is 3.00. The molecule has 0 aliphatic heterocycles. The zero-order valence-electron chi connectivity index (χ0n) is 12.4. The highest BCUT2D eigenvalue weighted by atomic mass is 32.1. The lowest BCUT2D eigenvalue weighted by molar-refractivity contribution is -0.137. The Bertz CT molecular complexity index is 838. The quantitative estimate of drug-likeness (QED) is 0.716. The van der Waals surface area contributed by atoms with Crippen LogP contribution in [0.3, 0.4) is 0 Å². The third kappa shape index (κ3) is 3.68. The van der Waals surface area contributed by atoms with E-state index in [1.54, 1.807) is 34.2 Å². The fraction of sp³-hybridized carbons (Fsp3) is 0.118. The molecule has 0 saturated heterocycles. The van der Waals surface area contributed by atoms with Crippen LogP contribution in [0, 0.1) is 0 Å². The van der Waals surface area contributed by atoms with Gasteiger partial charge in [-0.1, -0.05) is 12.1 Å². The van der Waals surface area contributed by atoms with Gasteiger partial charge in [0.15, 0.2) is 0 Å². The summed E-state index contributed by atoms with van der Waals surface area (Å²) in [5.74, 6) is -0.448. The van der Waals surface area contributed by atoms with Crippen LogP contribution in [0.4, 0.5) is 18.9 Å². The Kier molecular flexibility index (Phi) is 4.44. The molecule has 7 heteroatoms. The molecule has 2 aromatic heterocycles. The molecule has 0 aliphatic carbocycles. The normalized spacial score (nSPS) is 11.5. The highest BCUT2D eigenvalue weighted by Crippen LogP contribution is 2.30. The lowest BCUT2D eigenvalue weighted by atomic mass is 10.2. The number of halogens is 3. The van der Waals surface area contributed by atoms with E-state index in [-0.39, 0.29) is 5.69 Å². The topological polar surface area (TPSA) is 34.0 Å². The molecule has 2 heterocycles. The third-order valence-electron chi connectivity index (χ3n) is 3.42. The van der Waals surface area contributed by atoms with Gasteiger partial charge in [-0.3, -0.25) is 4.79 Å². The Hall–Kier alpha value is -2.54. The Morgan fingerprint density at radius 2 is 1.96 bits per heavy atom. The monoisotopic (exact) mass is 350 g/mol. The molecule has 0 atom stereocenters. The molecule has 3 aromatic rings. The maximum atomic E-state index is 12.7. The minimum atomic E-state index is -4.44. The zero-order chi connectivity index (χ0) is 17.2. The molecule has 124 valence electrons. The van der Waals surface area contributed by atoms with E-state index in [0.29, 0.717) is 12.2 Å². The van der Waals surface area contributed by atoms with Crippen LogP contribution in [0.15, 0.2) is 60.1 Å². The number of benzene rings is 1. The molecule has 24 heavy (non-hydrogen) atoms. The molecule has 0 saturated carbocycles. The summed E-state index contributed by atoms with van der Waals surface area (Å²) in [6.07, 6.45) is -2.68. The van der Waals surface area contributed by atoms with Crippen molar-refractivity contribution >= 4 is 22.9 Å². The molecule has 0 bridgehead atoms. The van der Waals surface area contributed by atoms with Crippen molar-refractivity contribution in [2.24, 2.45) is 0 Å². The number of hydrogen-bond acceptors (Lipinski definition) is 2. The highest BCUT2D eigenvalue weighted by Gasteiger charge is 2.30. The molecule has 0 radical (unpaired) electrons. The smallest absolute Gasteiger partial charge is 0.338 e. The highest BCUT2D eigenvalue weighted by molar-refractivity contribution is 7.09. The molecule has 1 aromatic carbocycles. The van der Waals surface area contributed by atoms with Crippen LogP contribution in [0.2, 0.25) is 0 Å². The van der Waals surface area contributed by atoms with Gasteiger partial charge in [-0.25, -0.2) is 0 Å². The van der Waals surface area contributed by atoms with E-state index < -0.39 is 17.6 Å². The van der Waals surface area contributed by atoms with Gasteiger partial charge >= 0.3 is 6.18 Å². The molecule has 0 spiro atoms. The summed E-state index contributed by atoms with van der Waals surface area (Å²) in [6.45, 7) is 0.538. The van der Waals surface area contributed by atoms with Crippen molar-refractivity contribution in [3.8, 4) is 0 Å². The number of nitrogens with one attached hydrogen (secondary N) is 1. The van der Waals surface area contributed by atoms with Crippen LogP contribution in [0.25, 0.3) is 0 Å². The number of nitrogens with zero attached hydrogens (tertiary/aromatic N) is 1. The summed E-state index contributed by atoms with van der Waals surface area (Å²) >= 11 is 1.57. The predicted octanol–water partition coefficient (Wildman–Crippen LogP) is 4.87. The van der Waals surface area contributed by atoms with Crippen molar-refractivity contribution < 1.29 is 18.0 Å². The first-order valence-electron chi connectivity index (χ1n) is 7.09. The molecular weight excluding hydrogens is 337 g/mol. The summed E-state index contributed by atoms with van der Waals surface area (Å²) in [4.78, 5) is 13.5. The first-order chi connectivity index (χ1) is 11.4. The van der Waals surface area contributed by atoms with Crippen molar-refractivity contribution in [2.75, 3.05) is 5.32 Å². The molecule has 1 amide bonds. The second-order valence-electron chi connectivity index (χ2n) is 5.13. The van der Waals surface area contributed by atoms with Gasteiger partial charge in [0.25, 0.3) is 5.91 Å². The average molecular weight is 350 g/mol. The number of rotatable bonds is 4. The number of hydrogen-bond donors (Lipinski definition) is 1. The van der Waals surface area contributed by atoms with Gasteiger partial charge in [0.2, 0.25) is 0 Å². The maximum Gasteiger partial charge on any atom is 0.416 e. The van der Waals surface area contributed by atoms with Crippen LogP contribution in [-0.2, 0) is 12.7 Å². The number of thiophene rings is 1. The fourth-order valence-electron chi connectivity index (χ4n) is 2.30. The van der Waals surface area contributed by atoms with E-state index in [1.165, 1.54) is 12.1 Å². The largest absolute Gasteiger partial charge is 0.416 e. The zero-order valence-corrected chi connectivity index (χ0v) is 13.2. The van der Waals surface area contributed by atoms with E-state index in [1.807, 2.05) is 17.5 Å². The SMILES string of the molecule is O=C(Nc1cccc(C(F)(F)F)c1)c1cccn1Cc1cccs1. The molecule has 1 N–H and O–H groups in total. The van der Waals surface area contributed by atoms with Crippen LogP contribution in [0.5, 0.6) is 0 Å². The van der Waals surface area contributed by atoms with Crippen LogP contribution < -0.4 is 5.32 Å². The molecule has 0 unspecified atom stereocenters. The van der Waals surface area contributed by atoms with Crippen molar-refractivity contribution in [3.63, 3.8) is 0 Å². The summed E-state index contributed by atoms with van der Waals surface area (Å²) in [6, 6.07) is 11.8. The minimum absolute atomic E-state index is 0.110. The first kappa shape index (κ1) is 16.3. The number of carbonyl (C=O) groups is 1. The summed E-state index contributed by atoms with van der Waals surface area (Å²) in [5.41, 5.74) is -0.297. The Labute approximate surface area is 140 Å². The van der Waals surface area contributed by atoms with E-state index in [0.717, 1.165) is 17.0 Å². The first-order valence-corrected chi connectivity index (χ1v) is 7.97. The Balaban J connectivity index is 1.78. The van der Waals surface area contributed by atoms with Crippen LogP contribution >= 0.6 is 11.3 Å². The number of alkyl halides is 3. The Morgan fingerprint density at radius 3 is 2.67 bits per heavy atom. The van der Waals surface area contributed by atoms with Gasteiger partial charge in [0.1, 0.15) is 5.69 Å². The van der Waals surface area contributed by atoms with Crippen molar-refractivity contribution in [3.05, 3.63) is 76.2 Å². The number of aromatic nitrogens is 1. The lowest BCUT2D eigenvalue weighted by Crippen LogP contribution is -2.17. The molecule has 3 nitrogen and oxygen atoms in total. The molecular formula is C17H13F3N2OS. The molecule has 3 rings (SSSR count). The van der Waals surface area contributed by atoms with Crippen LogP contribution in [-0.4, -0.2) is 10.5 Å². The minimum Gasteiger partial charge on any atom is -0.338 e. The number of anilines is 1. The van der Waals surface area contributed by atoms with Gasteiger partial charge in [-0.05, 0) is 41.8 Å². The standard InChI is InChI=1S/C17H13F3N2OS/c18-17(19,20)12-4-1-5-13(10-12)21-16(23)15-7-2-8-22(15)11-14-6-3-9-24-14/h1-10H,11H2,(H,21,23). The number of carbonyl (C=O) groups excluding carboxylic acids is 1. The molecule has 0 fully saturated rings. The van der Waals surface area contributed by atoms with E-state index >= 15 is 0 Å². The third-order valence-corrected chi connectivity index (χ3v) is 4.28.